The fraction of sp³-hybridized carbons (Fsp3) is 0.235. The third kappa shape index (κ3) is 2.45. The van der Waals surface area contributed by atoms with Crippen LogP contribution < -0.4 is 5.32 Å². The van der Waals surface area contributed by atoms with Gasteiger partial charge < -0.3 is 9.73 Å². The van der Waals surface area contributed by atoms with Gasteiger partial charge in [-0.3, -0.25) is 4.98 Å². The number of pyridine rings is 1. The highest BCUT2D eigenvalue weighted by molar-refractivity contribution is 5.77. The Balaban J connectivity index is 2.05. The van der Waals surface area contributed by atoms with E-state index in [9.17, 15) is 0 Å². The van der Waals surface area contributed by atoms with Crippen LogP contribution in [-0.2, 0) is 0 Å². The molecule has 3 heteroatoms. The van der Waals surface area contributed by atoms with Crippen LogP contribution in [0.2, 0.25) is 0 Å². The van der Waals surface area contributed by atoms with Crippen molar-refractivity contribution in [2.24, 2.45) is 0 Å². The second-order valence-corrected chi connectivity index (χ2v) is 4.91. The number of fused-ring (bicyclic) bond motifs is 1. The van der Waals surface area contributed by atoms with Crippen molar-refractivity contribution >= 4 is 11.0 Å². The molecule has 0 aliphatic carbocycles. The van der Waals surface area contributed by atoms with Crippen LogP contribution in [0.1, 0.15) is 30.0 Å². The van der Waals surface area contributed by atoms with E-state index in [1.165, 1.54) is 5.56 Å². The predicted octanol–water partition coefficient (Wildman–Crippen LogP) is 3.84. The monoisotopic (exact) mass is 266 g/mol. The molecule has 1 N–H and O–H groups in total. The highest BCUT2D eigenvalue weighted by Crippen LogP contribution is 2.28. The van der Waals surface area contributed by atoms with Crippen molar-refractivity contribution in [1.29, 1.82) is 0 Å². The summed E-state index contributed by atoms with van der Waals surface area (Å²) in [6, 6.07) is 14.4. The Kier molecular flexibility index (Phi) is 3.52. The summed E-state index contributed by atoms with van der Waals surface area (Å²) < 4.78 is 5.99. The summed E-state index contributed by atoms with van der Waals surface area (Å²) in [6.45, 7) is 4.98. The highest BCUT2D eigenvalue weighted by atomic mass is 16.3. The second-order valence-electron chi connectivity index (χ2n) is 4.91. The van der Waals surface area contributed by atoms with Gasteiger partial charge in [0.05, 0.1) is 6.04 Å². The lowest BCUT2D eigenvalue weighted by atomic mass is 10.0. The minimum absolute atomic E-state index is 0.0640. The maximum atomic E-state index is 5.99. The van der Waals surface area contributed by atoms with Gasteiger partial charge in [-0.1, -0.05) is 25.1 Å². The van der Waals surface area contributed by atoms with Gasteiger partial charge in [0.2, 0.25) is 0 Å². The number of furan rings is 1. The smallest absolute Gasteiger partial charge is 0.134 e. The molecule has 20 heavy (non-hydrogen) atoms. The van der Waals surface area contributed by atoms with Gasteiger partial charge in [-0.2, -0.15) is 0 Å². The van der Waals surface area contributed by atoms with Crippen molar-refractivity contribution in [3.63, 3.8) is 0 Å². The molecule has 2 heterocycles. The van der Waals surface area contributed by atoms with Crippen LogP contribution in [0.5, 0.6) is 0 Å². The summed E-state index contributed by atoms with van der Waals surface area (Å²) in [5, 5.41) is 4.62. The first-order chi connectivity index (χ1) is 9.78. The van der Waals surface area contributed by atoms with Crippen LogP contribution in [-0.4, -0.2) is 11.5 Å². The summed E-state index contributed by atoms with van der Waals surface area (Å²) in [6.07, 6.45) is 1.84. The number of aromatic nitrogens is 1. The van der Waals surface area contributed by atoms with E-state index in [1.54, 1.807) is 0 Å². The number of hydrogen-bond donors (Lipinski definition) is 1. The summed E-state index contributed by atoms with van der Waals surface area (Å²) in [5.74, 6) is 0.943. The Bertz CT molecular complexity index is 685. The van der Waals surface area contributed by atoms with Gasteiger partial charge in [0.25, 0.3) is 0 Å². The average molecular weight is 266 g/mol. The largest absolute Gasteiger partial charge is 0.459 e. The van der Waals surface area contributed by atoms with Crippen LogP contribution in [0.25, 0.3) is 11.0 Å². The van der Waals surface area contributed by atoms with E-state index in [2.05, 4.69) is 35.4 Å². The molecule has 0 bridgehead atoms. The first-order valence-corrected chi connectivity index (χ1v) is 6.92. The number of nitrogens with zero attached hydrogens (tertiary/aromatic N) is 1. The molecule has 3 nitrogen and oxygen atoms in total. The molecule has 3 aromatic rings. The number of hydrogen-bond acceptors (Lipinski definition) is 3. The molecular weight excluding hydrogens is 248 g/mol. The summed E-state index contributed by atoms with van der Waals surface area (Å²) in [5.41, 5.74) is 3.12. The average Bonchev–Trinajstić information content (AvgIpc) is 2.88. The van der Waals surface area contributed by atoms with E-state index in [4.69, 9.17) is 4.42 Å². The minimum Gasteiger partial charge on any atom is -0.459 e. The normalized spacial score (nSPS) is 12.7. The Hall–Kier alpha value is -2.13. The topological polar surface area (TPSA) is 38.1 Å². The van der Waals surface area contributed by atoms with E-state index < -0.39 is 0 Å². The van der Waals surface area contributed by atoms with Crippen LogP contribution >= 0.6 is 0 Å². The van der Waals surface area contributed by atoms with E-state index >= 15 is 0 Å². The molecule has 0 spiro atoms. The van der Waals surface area contributed by atoms with Crippen molar-refractivity contribution in [3.8, 4) is 0 Å². The van der Waals surface area contributed by atoms with Gasteiger partial charge in [-0.25, -0.2) is 0 Å². The lowest BCUT2D eigenvalue weighted by Crippen LogP contribution is -2.21. The maximum Gasteiger partial charge on any atom is 0.134 e. The maximum absolute atomic E-state index is 5.99. The standard InChI is InChI=1S/C17H18N2O/c1-3-18-17(14-8-9-19-12(2)10-14)16-11-13-6-4-5-7-15(13)20-16/h4-11,17-18H,3H2,1-2H3. The molecule has 0 aliphatic rings. The van der Waals surface area contributed by atoms with Crippen LogP contribution in [0.4, 0.5) is 0 Å². The zero-order valence-corrected chi connectivity index (χ0v) is 11.8. The molecule has 102 valence electrons. The van der Waals surface area contributed by atoms with Crippen LogP contribution in [0, 0.1) is 6.92 Å². The van der Waals surface area contributed by atoms with Crippen molar-refractivity contribution < 1.29 is 4.42 Å². The molecule has 0 radical (unpaired) electrons. The quantitative estimate of drug-likeness (QED) is 0.779. The van der Waals surface area contributed by atoms with Gasteiger partial charge in [0, 0.05) is 17.3 Å². The Morgan fingerprint density at radius 3 is 2.80 bits per heavy atom. The third-order valence-electron chi connectivity index (χ3n) is 3.39. The lowest BCUT2D eigenvalue weighted by molar-refractivity contribution is 0.477. The molecule has 0 aliphatic heterocycles. The van der Waals surface area contributed by atoms with Gasteiger partial charge in [0.1, 0.15) is 11.3 Å². The van der Waals surface area contributed by atoms with Crippen LogP contribution in [0.3, 0.4) is 0 Å². The van der Waals surface area contributed by atoms with Gasteiger partial charge in [-0.05, 0) is 43.3 Å². The molecule has 3 rings (SSSR count). The van der Waals surface area contributed by atoms with E-state index in [-0.39, 0.29) is 6.04 Å². The predicted molar refractivity (Wildman–Crippen MR) is 80.7 cm³/mol. The third-order valence-corrected chi connectivity index (χ3v) is 3.39. The number of nitrogens with one attached hydrogen (secondary N) is 1. The molecule has 1 aromatic carbocycles. The fourth-order valence-corrected chi connectivity index (χ4v) is 2.48. The number of benzene rings is 1. The first kappa shape index (κ1) is 12.9. The molecule has 0 saturated carbocycles. The SMILES string of the molecule is CCNC(c1ccnc(C)c1)c1cc2ccccc2o1. The van der Waals surface area contributed by atoms with E-state index in [1.807, 2.05) is 37.4 Å². The Morgan fingerprint density at radius 2 is 2.05 bits per heavy atom. The molecule has 0 amide bonds. The van der Waals surface area contributed by atoms with Crippen molar-refractivity contribution in [1.82, 2.24) is 10.3 Å². The zero-order valence-electron chi connectivity index (χ0n) is 11.8. The van der Waals surface area contributed by atoms with Gasteiger partial charge in [0.15, 0.2) is 0 Å². The van der Waals surface area contributed by atoms with E-state index in [0.717, 1.165) is 29.0 Å². The molecule has 1 atom stereocenters. The minimum atomic E-state index is 0.0640. The highest BCUT2D eigenvalue weighted by Gasteiger charge is 2.17. The van der Waals surface area contributed by atoms with Crippen molar-refractivity contribution in [3.05, 3.63) is 65.7 Å². The number of aryl methyl sites for hydroxylation is 1. The zero-order chi connectivity index (χ0) is 13.9. The summed E-state index contributed by atoms with van der Waals surface area (Å²) >= 11 is 0. The molecule has 2 aromatic heterocycles. The number of para-hydroxylation sites is 1. The summed E-state index contributed by atoms with van der Waals surface area (Å²) in [4.78, 5) is 4.26. The van der Waals surface area contributed by atoms with Crippen molar-refractivity contribution in [2.45, 2.75) is 19.9 Å². The molecule has 0 saturated heterocycles. The summed E-state index contributed by atoms with van der Waals surface area (Å²) in [7, 11) is 0. The number of rotatable bonds is 4. The van der Waals surface area contributed by atoms with Gasteiger partial charge >= 0.3 is 0 Å². The fourth-order valence-electron chi connectivity index (χ4n) is 2.48. The van der Waals surface area contributed by atoms with Crippen LogP contribution in [0.15, 0.2) is 53.1 Å². The van der Waals surface area contributed by atoms with Crippen molar-refractivity contribution in [2.75, 3.05) is 6.54 Å². The molecule has 0 fully saturated rings. The lowest BCUT2D eigenvalue weighted by Gasteiger charge is -2.16. The Morgan fingerprint density at radius 1 is 1.20 bits per heavy atom. The second kappa shape index (κ2) is 5.47. The molecular formula is C17H18N2O. The van der Waals surface area contributed by atoms with E-state index in [0.29, 0.717) is 0 Å². The molecule has 1 unspecified atom stereocenters. The first-order valence-electron chi connectivity index (χ1n) is 6.92. The Labute approximate surface area is 118 Å². The van der Waals surface area contributed by atoms with Gasteiger partial charge in [-0.15, -0.1) is 0 Å².